The van der Waals surface area contributed by atoms with Gasteiger partial charge >= 0.3 is 0 Å². The summed E-state index contributed by atoms with van der Waals surface area (Å²) in [5.74, 6) is 0.197. The van der Waals surface area contributed by atoms with Crippen molar-refractivity contribution >= 4 is 24.1 Å². The summed E-state index contributed by atoms with van der Waals surface area (Å²) in [4.78, 5) is 11.6. The predicted molar refractivity (Wildman–Crippen MR) is 125 cm³/mol. The monoisotopic (exact) mass is 425 g/mol. The zero-order valence-corrected chi connectivity index (χ0v) is 19.1. The molecule has 2 aromatic carbocycles. The number of hydrogen-bond acceptors (Lipinski definition) is 5. The van der Waals surface area contributed by atoms with Crippen molar-refractivity contribution in [3.05, 3.63) is 57.5 Å². The van der Waals surface area contributed by atoms with Crippen LogP contribution < -0.4 is 5.73 Å². The van der Waals surface area contributed by atoms with E-state index in [1.807, 2.05) is 6.07 Å². The highest BCUT2D eigenvalue weighted by Gasteiger charge is 2.37. The van der Waals surface area contributed by atoms with E-state index in [2.05, 4.69) is 46.8 Å². The van der Waals surface area contributed by atoms with E-state index in [-0.39, 0.29) is 16.6 Å². The number of aliphatic hydroxyl groups is 1. The molecule has 1 aliphatic rings. The average Bonchev–Trinajstić information content (AvgIpc) is 2.66. The second-order valence-electron chi connectivity index (χ2n) is 9.43. The molecular formula is C25H31NO3S. The molecule has 0 amide bonds. The number of carbonyl (C=O) groups excluding carboxylic acids is 1. The third-order valence-corrected chi connectivity index (χ3v) is 6.92. The fraction of sp³-hybridized carbons (Fsp3) is 0.400. The number of aliphatic hydroxyl groups excluding tert-OH is 1. The van der Waals surface area contributed by atoms with E-state index in [0.717, 1.165) is 46.9 Å². The Morgan fingerprint density at radius 1 is 1.07 bits per heavy atom. The van der Waals surface area contributed by atoms with E-state index in [9.17, 15) is 15.0 Å². The minimum Gasteiger partial charge on any atom is -0.507 e. The highest BCUT2D eigenvalue weighted by Crippen LogP contribution is 2.48. The third kappa shape index (κ3) is 4.48. The van der Waals surface area contributed by atoms with Gasteiger partial charge in [-0.1, -0.05) is 51.6 Å². The van der Waals surface area contributed by atoms with E-state index in [0.29, 0.717) is 11.2 Å². The highest BCUT2D eigenvalue weighted by atomic mass is 32.2. The fourth-order valence-corrected chi connectivity index (χ4v) is 4.81. The van der Waals surface area contributed by atoms with Gasteiger partial charge in [-0.05, 0) is 82.7 Å². The van der Waals surface area contributed by atoms with Crippen LogP contribution in [0, 0.1) is 6.92 Å². The summed E-state index contributed by atoms with van der Waals surface area (Å²) in [6.07, 6.45) is 4.60. The SMILES string of the molecule is Cc1cc2c(cc1-c1cc(/C=C(/C=O)SC(N)O)ccc1O)C(C)(C)CCC2(C)C. The second-order valence-corrected chi connectivity index (χ2v) is 10.6. The second kappa shape index (κ2) is 8.22. The van der Waals surface area contributed by atoms with Crippen LogP contribution in [0.15, 0.2) is 35.2 Å². The van der Waals surface area contributed by atoms with Crippen molar-refractivity contribution in [2.45, 2.75) is 63.9 Å². The molecule has 4 N–H and O–H groups in total. The van der Waals surface area contributed by atoms with Crippen molar-refractivity contribution in [2.24, 2.45) is 5.73 Å². The Bertz CT molecular complexity index is 1010. The first kappa shape index (κ1) is 22.6. The number of aromatic hydroxyl groups is 1. The summed E-state index contributed by atoms with van der Waals surface area (Å²) < 4.78 is 0. The number of rotatable bonds is 5. The Morgan fingerprint density at radius 2 is 1.67 bits per heavy atom. The summed E-state index contributed by atoms with van der Waals surface area (Å²) in [5, 5.41) is 20.0. The molecule has 2 aromatic rings. The van der Waals surface area contributed by atoms with Gasteiger partial charge in [0.15, 0.2) is 11.8 Å². The van der Waals surface area contributed by atoms with Crippen LogP contribution in [-0.4, -0.2) is 22.1 Å². The van der Waals surface area contributed by atoms with Crippen molar-refractivity contribution in [3.63, 3.8) is 0 Å². The number of thioether (sulfide) groups is 1. The van der Waals surface area contributed by atoms with Crippen LogP contribution in [0.1, 0.15) is 62.8 Å². The number of phenols is 1. The zero-order chi connectivity index (χ0) is 22.3. The minimum absolute atomic E-state index is 0.0685. The number of hydrogen-bond donors (Lipinski definition) is 3. The van der Waals surface area contributed by atoms with Crippen LogP contribution in [0.4, 0.5) is 0 Å². The summed E-state index contributed by atoms with van der Waals surface area (Å²) in [6, 6.07) is 9.75. The Labute approximate surface area is 183 Å². The number of carbonyl (C=O) groups is 1. The van der Waals surface area contributed by atoms with Gasteiger partial charge in [-0.15, -0.1) is 0 Å². The highest BCUT2D eigenvalue weighted by molar-refractivity contribution is 8.04. The molecule has 160 valence electrons. The van der Waals surface area contributed by atoms with Crippen LogP contribution in [0.25, 0.3) is 17.2 Å². The van der Waals surface area contributed by atoms with Gasteiger partial charge in [0.2, 0.25) is 0 Å². The first-order valence-electron chi connectivity index (χ1n) is 10.2. The molecule has 1 atom stereocenters. The van der Waals surface area contributed by atoms with E-state index in [4.69, 9.17) is 5.73 Å². The first-order chi connectivity index (χ1) is 13.9. The van der Waals surface area contributed by atoms with Crippen LogP contribution in [-0.2, 0) is 15.6 Å². The number of fused-ring (bicyclic) bond motifs is 1. The lowest BCUT2D eigenvalue weighted by Gasteiger charge is -2.42. The van der Waals surface area contributed by atoms with Crippen LogP contribution >= 0.6 is 11.8 Å². The summed E-state index contributed by atoms with van der Waals surface area (Å²) in [7, 11) is 0. The number of allylic oxidation sites excluding steroid dienone is 1. The molecule has 0 aliphatic heterocycles. The lowest BCUT2D eigenvalue weighted by Crippen LogP contribution is -2.34. The Morgan fingerprint density at radius 3 is 2.23 bits per heavy atom. The summed E-state index contributed by atoms with van der Waals surface area (Å²) >= 11 is 0.885. The average molecular weight is 426 g/mol. The number of benzene rings is 2. The molecule has 4 nitrogen and oxygen atoms in total. The lowest BCUT2D eigenvalue weighted by molar-refractivity contribution is -0.104. The number of phenolic OH excluding ortho intramolecular Hbond substituents is 1. The minimum atomic E-state index is -1.16. The molecule has 30 heavy (non-hydrogen) atoms. The maximum absolute atomic E-state index is 11.3. The van der Waals surface area contributed by atoms with Gasteiger partial charge in [-0.25, -0.2) is 0 Å². The predicted octanol–water partition coefficient (Wildman–Crippen LogP) is 5.22. The topological polar surface area (TPSA) is 83.6 Å². The normalized spacial score (nSPS) is 18.6. The van der Waals surface area contributed by atoms with Gasteiger partial charge in [0.25, 0.3) is 0 Å². The molecule has 5 heteroatoms. The maximum atomic E-state index is 11.3. The Kier molecular flexibility index (Phi) is 6.19. The molecule has 0 heterocycles. The van der Waals surface area contributed by atoms with Gasteiger partial charge in [-0.3, -0.25) is 10.5 Å². The van der Waals surface area contributed by atoms with E-state index >= 15 is 0 Å². The maximum Gasteiger partial charge on any atom is 0.156 e. The van der Waals surface area contributed by atoms with Gasteiger partial charge in [0, 0.05) is 5.56 Å². The van der Waals surface area contributed by atoms with Gasteiger partial charge in [-0.2, -0.15) is 0 Å². The molecule has 0 aromatic heterocycles. The summed E-state index contributed by atoms with van der Waals surface area (Å²) in [6.45, 7) is 11.2. The Balaban J connectivity index is 2.15. The lowest BCUT2D eigenvalue weighted by atomic mass is 9.62. The van der Waals surface area contributed by atoms with Gasteiger partial charge < -0.3 is 10.2 Å². The molecule has 3 rings (SSSR count). The van der Waals surface area contributed by atoms with Crippen LogP contribution in [0.5, 0.6) is 5.75 Å². The van der Waals surface area contributed by atoms with Crippen LogP contribution in [0.3, 0.4) is 0 Å². The quantitative estimate of drug-likeness (QED) is 0.347. The molecule has 0 bridgehead atoms. The smallest absolute Gasteiger partial charge is 0.156 e. The molecular weight excluding hydrogens is 394 g/mol. The molecule has 0 fully saturated rings. The standard InChI is InChI=1S/C25H31NO3S/c1-15-10-20-21(25(4,5)9-8-24(20,2)3)13-18(15)19-12-16(6-7-22(19)28)11-17(14-27)30-23(26)29/h6-7,10-14,23,28-29H,8-9,26H2,1-5H3/b17-11-. The zero-order valence-electron chi connectivity index (χ0n) is 18.3. The van der Waals surface area contributed by atoms with Gasteiger partial charge in [0.05, 0.1) is 4.91 Å². The molecule has 0 radical (unpaired) electrons. The van der Waals surface area contributed by atoms with Crippen molar-refractivity contribution in [1.29, 1.82) is 0 Å². The van der Waals surface area contributed by atoms with E-state index < -0.39 is 5.56 Å². The van der Waals surface area contributed by atoms with Crippen molar-refractivity contribution in [3.8, 4) is 16.9 Å². The summed E-state index contributed by atoms with van der Waals surface area (Å²) in [5.41, 5.74) is 10.7. The molecule has 1 unspecified atom stereocenters. The molecule has 1 aliphatic carbocycles. The van der Waals surface area contributed by atoms with Crippen molar-refractivity contribution < 1.29 is 15.0 Å². The van der Waals surface area contributed by atoms with Crippen LogP contribution in [0.2, 0.25) is 0 Å². The largest absolute Gasteiger partial charge is 0.507 e. The molecule has 0 spiro atoms. The number of aldehydes is 1. The van der Waals surface area contributed by atoms with E-state index in [1.165, 1.54) is 11.1 Å². The fourth-order valence-electron chi connectivity index (χ4n) is 4.27. The first-order valence-corrected chi connectivity index (χ1v) is 11.1. The number of nitrogens with two attached hydrogens (primary N) is 1. The van der Waals surface area contributed by atoms with Crippen molar-refractivity contribution in [2.75, 3.05) is 0 Å². The third-order valence-electron chi connectivity index (χ3n) is 6.19. The Hall–Kier alpha value is -2.08. The number of aryl methyl sites for hydroxylation is 1. The molecule has 0 saturated heterocycles. The van der Waals surface area contributed by atoms with Crippen molar-refractivity contribution in [1.82, 2.24) is 0 Å². The molecule has 0 saturated carbocycles. The van der Waals surface area contributed by atoms with E-state index in [1.54, 1.807) is 18.2 Å². The van der Waals surface area contributed by atoms with Gasteiger partial charge in [0.1, 0.15) is 5.75 Å².